The number of ether oxygens (including phenoxy) is 5. The molecule has 18 nitrogen and oxygen atoms in total. The number of halogens is 15. The molecule has 0 saturated heterocycles. The lowest BCUT2D eigenvalue weighted by Gasteiger charge is -2.28. The van der Waals surface area contributed by atoms with Crippen molar-refractivity contribution >= 4 is 48.3 Å². The molecule has 0 amide bonds. The molecule has 0 aliphatic carbocycles. The van der Waals surface area contributed by atoms with Crippen LogP contribution in [0.4, 0.5) is 52.7 Å². The van der Waals surface area contributed by atoms with Crippen molar-refractivity contribution in [2.75, 3.05) is 53.4 Å². The van der Waals surface area contributed by atoms with Crippen molar-refractivity contribution in [2.24, 2.45) is 0 Å². The smallest absolute Gasteiger partial charge is 0.396 e. The van der Waals surface area contributed by atoms with Crippen LogP contribution in [0.25, 0.3) is 0 Å². The lowest BCUT2D eigenvalue weighted by atomic mass is 10.2. The fourth-order valence-corrected chi connectivity index (χ4v) is 14.2. The van der Waals surface area contributed by atoms with E-state index in [1.54, 1.807) is 0 Å². The van der Waals surface area contributed by atoms with Gasteiger partial charge in [-0.1, -0.05) is 129 Å². The van der Waals surface area contributed by atoms with E-state index in [0.717, 1.165) is 7.11 Å². The molecule has 546 valence electrons. The molecule has 0 aromatic heterocycles. The van der Waals surface area contributed by atoms with Crippen LogP contribution in [-0.2, 0) is 68.4 Å². The molecular weight excluding hydrogens is 1750 g/mol. The van der Waals surface area contributed by atoms with Gasteiger partial charge in [0.15, 0.2) is 51.8 Å². The molecule has 0 radical (unpaired) electrons. The largest absolute Gasteiger partial charge is 0.743 e. The Morgan fingerprint density at radius 2 is 0.596 bits per heavy atom. The summed E-state index contributed by atoms with van der Waals surface area (Å²) in [6.07, 6.45) is -5.22. The van der Waals surface area contributed by atoms with Gasteiger partial charge < -0.3 is 42.4 Å². The highest BCUT2D eigenvalue weighted by molar-refractivity contribution is 7.87. The van der Waals surface area contributed by atoms with Gasteiger partial charge in [-0.15, -0.1) is 0 Å². The summed E-state index contributed by atoms with van der Waals surface area (Å²) in [5.74, 6) is -18.5. The Bertz CT molecular complexity index is 3490. The molecule has 99 heavy (non-hydrogen) atoms. The maximum Gasteiger partial charge on any atom is 0.396 e. The van der Waals surface area contributed by atoms with Gasteiger partial charge in [0, 0.05) is 19.3 Å². The SMILES string of the molecule is C=C(COCCC(F)(F)C(F)(F)S(=O)(=O)[O-])C(=O)O.C=C(COCCC(F)(F)C(F)(F)S(=O)(=O)[O-])C(=O)OC.C=C(COCCC(F)(F)C(F)(F)S(=O)(=O)[O-])C(=O)OCC.c1ccc([I+]c2ccccc2)cc1.c1ccc([I+]c2ccccc2)cc1.c1ccc([I+]c2ccccc2)cc1. The average molecular weight is 1810 g/mol. The van der Waals surface area contributed by atoms with Crippen molar-refractivity contribution in [3.05, 3.63) is 240 Å². The summed E-state index contributed by atoms with van der Waals surface area (Å²) in [4.78, 5) is 32.1. The van der Waals surface area contributed by atoms with E-state index in [-0.39, 0.29) is 81.4 Å². The van der Waals surface area contributed by atoms with E-state index in [1.165, 1.54) is 28.3 Å². The summed E-state index contributed by atoms with van der Waals surface area (Å²) in [6.45, 7) is 5.95. The first-order chi connectivity index (χ1) is 45.9. The number of carboxylic acids is 1. The van der Waals surface area contributed by atoms with Crippen LogP contribution in [-0.4, -0.2) is 149 Å². The summed E-state index contributed by atoms with van der Waals surface area (Å²) < 4.78 is 275. The first-order valence-electron chi connectivity index (χ1n) is 27.5. The Morgan fingerprint density at radius 3 is 0.778 bits per heavy atom. The summed E-state index contributed by atoms with van der Waals surface area (Å²) in [7, 11) is -18.5. The van der Waals surface area contributed by atoms with E-state index in [0.29, 0.717) is 0 Å². The van der Waals surface area contributed by atoms with Crippen LogP contribution < -0.4 is 63.6 Å². The number of carbonyl (C=O) groups excluding carboxylic acids is 2. The molecule has 6 aromatic rings. The second kappa shape index (κ2) is 43.7. The molecule has 6 rings (SSSR count). The van der Waals surface area contributed by atoms with E-state index in [9.17, 15) is 106 Å². The Kier molecular flexibility index (Phi) is 40.1. The van der Waals surface area contributed by atoms with Crippen molar-refractivity contribution in [1.82, 2.24) is 0 Å². The van der Waals surface area contributed by atoms with Crippen LogP contribution >= 0.6 is 0 Å². The minimum Gasteiger partial charge on any atom is -0.743 e. The maximum absolute atomic E-state index is 13.0. The van der Waals surface area contributed by atoms with Gasteiger partial charge in [-0.2, -0.15) is 52.7 Å². The molecule has 0 saturated carbocycles. The number of methoxy groups -OCH3 is 1. The number of carbonyl (C=O) groups is 3. The summed E-state index contributed by atoms with van der Waals surface area (Å²) in [5.41, 5.74) is -0.992. The molecule has 0 heterocycles. The Morgan fingerprint density at radius 1 is 0.394 bits per heavy atom. The zero-order valence-electron chi connectivity index (χ0n) is 51.8. The van der Waals surface area contributed by atoms with Crippen molar-refractivity contribution in [2.45, 2.75) is 59.7 Å². The van der Waals surface area contributed by atoms with Crippen LogP contribution in [0, 0.1) is 21.4 Å². The van der Waals surface area contributed by atoms with Gasteiger partial charge in [0.25, 0.3) is 0 Å². The van der Waals surface area contributed by atoms with Crippen LogP contribution in [0.5, 0.6) is 0 Å². The molecule has 0 spiro atoms. The average Bonchev–Trinajstić information content (AvgIpc) is 0.796. The van der Waals surface area contributed by atoms with Crippen LogP contribution in [0.1, 0.15) is 26.2 Å². The number of hydrogen-bond acceptors (Lipinski definition) is 17. The fraction of sp³-hybridized carbons (Fsp3) is 0.286. The fourth-order valence-electron chi connectivity index (χ4n) is 5.97. The maximum atomic E-state index is 13.0. The third-order valence-electron chi connectivity index (χ3n) is 11.1. The van der Waals surface area contributed by atoms with Gasteiger partial charge >= 0.3 is 115 Å². The lowest BCUT2D eigenvalue weighted by molar-refractivity contribution is -0.597. The molecule has 6 aromatic carbocycles. The predicted molar refractivity (Wildman–Crippen MR) is 320 cm³/mol. The van der Waals surface area contributed by atoms with E-state index in [2.05, 4.69) is 225 Å². The van der Waals surface area contributed by atoms with Gasteiger partial charge in [-0.3, -0.25) is 0 Å². The Balaban J connectivity index is 0.000000599. The van der Waals surface area contributed by atoms with Crippen molar-refractivity contribution in [1.29, 1.82) is 0 Å². The highest BCUT2D eigenvalue weighted by Crippen LogP contribution is 2.42. The molecule has 0 fully saturated rings. The number of esters is 2. The van der Waals surface area contributed by atoms with E-state index in [1.807, 2.05) is 0 Å². The Labute approximate surface area is 594 Å². The number of benzene rings is 6. The van der Waals surface area contributed by atoms with Gasteiger partial charge in [0.2, 0.25) is 0 Å². The Hall–Kier alpha value is -6.09. The molecular formula is C63H63F12I3O18S3. The van der Waals surface area contributed by atoms with Crippen LogP contribution in [0.3, 0.4) is 0 Å². The lowest BCUT2D eigenvalue weighted by Crippen LogP contribution is -3.61. The molecule has 0 aliphatic rings. The molecule has 0 bridgehead atoms. The van der Waals surface area contributed by atoms with Crippen molar-refractivity contribution in [3.63, 3.8) is 0 Å². The zero-order valence-corrected chi connectivity index (χ0v) is 60.7. The van der Waals surface area contributed by atoms with E-state index < -0.39 is 146 Å². The van der Waals surface area contributed by atoms with Crippen LogP contribution in [0.2, 0.25) is 0 Å². The highest BCUT2D eigenvalue weighted by atomic mass is 127. The van der Waals surface area contributed by atoms with Crippen LogP contribution in [0.15, 0.2) is 218 Å². The number of rotatable bonds is 31. The minimum absolute atomic E-state index is 0.0287. The van der Waals surface area contributed by atoms with Gasteiger partial charge in [-0.05, 0) is 79.7 Å². The monoisotopic (exact) mass is 1810 g/mol. The number of hydrogen-bond donors (Lipinski definition) is 1. The molecule has 0 atom stereocenters. The third-order valence-corrected chi connectivity index (χ3v) is 22.0. The molecule has 0 unspecified atom stereocenters. The third kappa shape index (κ3) is 33.5. The predicted octanol–water partition coefficient (Wildman–Crippen LogP) is 2.43. The quantitative estimate of drug-likeness (QED) is 0.0163. The normalized spacial score (nSPS) is 11.8. The topological polar surface area (TPSA) is 289 Å². The van der Waals surface area contributed by atoms with Gasteiger partial charge in [-0.25, -0.2) is 39.6 Å². The molecule has 0 aliphatic heterocycles. The summed E-state index contributed by atoms with van der Waals surface area (Å²) in [6, 6.07) is 64.2. The number of aliphatic carboxylic acids is 1. The standard InChI is InChI=1S/3C12H10I.C10H14F4O6S.C9H12F4O6S.C8H10F4O6S/c3*1-3-7-11(8-4-1)13-12-9-5-2-6-10-12;1-3-20-8(15)7(2)6-19-5-4-9(11,12)10(13,14)21(16,17)18;1-6(7(14)18-2)5-19-4-3-8(10,11)9(12,13)20(15,16)17;1-5(6(13)14)4-18-3-2-7(9,10)8(11,12)19(15,16)17/h3*1-10H;2-6H2,1H3,(H,16,17,18);1,3-5H2,2H3,(H,15,16,17);1-4H2,(H,13,14)(H,15,16,17)/q3*+1;;;/p-3. The van der Waals surface area contributed by atoms with Crippen molar-refractivity contribution in [3.8, 4) is 0 Å². The van der Waals surface area contributed by atoms with E-state index >= 15 is 0 Å². The second-order valence-corrected chi connectivity index (χ2v) is 32.2. The van der Waals surface area contributed by atoms with Gasteiger partial charge in [0.1, 0.15) is 0 Å². The minimum atomic E-state index is -6.53. The first kappa shape index (κ1) is 90.9. The van der Waals surface area contributed by atoms with Gasteiger partial charge in [0.05, 0.1) is 70.1 Å². The summed E-state index contributed by atoms with van der Waals surface area (Å²) in [5, 5.41) is -8.96. The molecule has 1 N–H and O–H groups in total. The first-order valence-corrected chi connectivity index (χ1v) is 38.2. The second-order valence-electron chi connectivity index (χ2n) is 18.8. The zero-order chi connectivity index (χ0) is 75.4. The summed E-state index contributed by atoms with van der Waals surface area (Å²) >= 11 is 0.0861. The number of carboxylic acid groups (broad SMARTS) is 1. The highest BCUT2D eigenvalue weighted by Gasteiger charge is 2.63. The molecule has 36 heteroatoms. The van der Waals surface area contributed by atoms with Crippen molar-refractivity contribution < 1.29 is 198 Å². The number of alkyl halides is 12. The van der Waals surface area contributed by atoms with E-state index in [4.69, 9.17) is 5.11 Å².